The summed E-state index contributed by atoms with van der Waals surface area (Å²) >= 11 is 0. The Labute approximate surface area is 80.5 Å². The third-order valence-corrected chi connectivity index (χ3v) is 3.91. The molecule has 0 saturated heterocycles. The van der Waals surface area contributed by atoms with Crippen molar-refractivity contribution >= 4 is 7.14 Å². The average Bonchev–Trinajstić information content (AvgIpc) is 2.04. The first-order valence-electron chi connectivity index (χ1n) is 4.71. The van der Waals surface area contributed by atoms with Crippen LogP contribution in [0.2, 0.25) is 0 Å². The van der Waals surface area contributed by atoms with Crippen LogP contribution in [0.1, 0.15) is 13.3 Å². The molecular formula is C10H18NOP. The fourth-order valence-corrected chi connectivity index (χ4v) is 3.00. The van der Waals surface area contributed by atoms with Gasteiger partial charge in [-0.25, -0.2) is 0 Å². The van der Waals surface area contributed by atoms with Gasteiger partial charge in [-0.05, 0) is 26.3 Å². The predicted molar refractivity (Wildman–Crippen MR) is 58.8 cm³/mol. The summed E-state index contributed by atoms with van der Waals surface area (Å²) in [7, 11) is -2.08. The number of nitrogens with one attached hydrogen (secondary N) is 1. The molecule has 1 unspecified atom stereocenters. The van der Waals surface area contributed by atoms with Gasteiger partial charge in [-0.3, -0.25) is 0 Å². The highest BCUT2D eigenvalue weighted by molar-refractivity contribution is 7.66. The van der Waals surface area contributed by atoms with Crippen LogP contribution in [0.25, 0.3) is 0 Å². The Morgan fingerprint density at radius 2 is 2.31 bits per heavy atom. The molecule has 13 heavy (non-hydrogen) atoms. The molecule has 0 spiro atoms. The molecule has 1 atom stereocenters. The van der Waals surface area contributed by atoms with Crippen molar-refractivity contribution < 1.29 is 4.57 Å². The maximum Gasteiger partial charge on any atom is 0.107 e. The van der Waals surface area contributed by atoms with Crippen LogP contribution in [-0.4, -0.2) is 25.9 Å². The summed E-state index contributed by atoms with van der Waals surface area (Å²) in [4.78, 5) is 0. The van der Waals surface area contributed by atoms with Gasteiger partial charge in [0.05, 0.1) is 0 Å². The summed E-state index contributed by atoms with van der Waals surface area (Å²) in [5.41, 5.74) is 0. The quantitative estimate of drug-likeness (QED) is 0.707. The van der Waals surface area contributed by atoms with E-state index in [1.54, 1.807) is 0 Å². The van der Waals surface area contributed by atoms with E-state index in [-0.39, 0.29) is 6.04 Å². The highest BCUT2D eigenvalue weighted by Crippen LogP contribution is 2.49. The van der Waals surface area contributed by atoms with Crippen LogP contribution >= 0.6 is 7.14 Å². The smallest absolute Gasteiger partial charge is 0.107 e. The lowest BCUT2D eigenvalue weighted by molar-refractivity contribution is 0.569. The molecule has 74 valence electrons. The fraction of sp³-hybridized carbons (Fsp3) is 0.600. The van der Waals surface area contributed by atoms with Crippen molar-refractivity contribution in [2.75, 3.05) is 19.9 Å². The van der Waals surface area contributed by atoms with E-state index < -0.39 is 7.14 Å². The number of hydrogen-bond acceptors (Lipinski definition) is 2. The lowest BCUT2D eigenvalue weighted by atomic mass is 10.1. The van der Waals surface area contributed by atoms with Gasteiger partial charge in [0.2, 0.25) is 0 Å². The third kappa shape index (κ3) is 2.82. The zero-order valence-corrected chi connectivity index (χ0v) is 9.47. The second kappa shape index (κ2) is 4.26. The van der Waals surface area contributed by atoms with Gasteiger partial charge in [0.1, 0.15) is 7.14 Å². The molecule has 0 amide bonds. The summed E-state index contributed by atoms with van der Waals surface area (Å²) in [5, 5.41) is 4.43. The van der Waals surface area contributed by atoms with Crippen molar-refractivity contribution in [3.05, 3.63) is 23.5 Å². The zero-order chi connectivity index (χ0) is 9.90. The van der Waals surface area contributed by atoms with Crippen molar-refractivity contribution in [3.63, 3.8) is 0 Å². The minimum atomic E-state index is -2.08. The molecule has 0 bridgehead atoms. The Kier molecular flexibility index (Phi) is 3.52. The molecule has 2 nitrogen and oxygen atoms in total. The van der Waals surface area contributed by atoms with E-state index in [9.17, 15) is 4.57 Å². The molecule has 0 saturated carbocycles. The zero-order valence-electron chi connectivity index (χ0n) is 8.58. The Morgan fingerprint density at radius 3 is 2.85 bits per heavy atom. The van der Waals surface area contributed by atoms with Gasteiger partial charge >= 0.3 is 0 Å². The Morgan fingerprint density at radius 1 is 1.62 bits per heavy atom. The lowest BCUT2D eigenvalue weighted by Gasteiger charge is -2.24. The van der Waals surface area contributed by atoms with Crippen LogP contribution in [0, 0.1) is 0 Å². The van der Waals surface area contributed by atoms with Gasteiger partial charge in [0.15, 0.2) is 0 Å². The molecule has 0 aromatic rings. The SMILES string of the molecule is CCNC1CC=CC=C1P(C)(C)=O. The molecule has 1 aliphatic rings. The molecular weight excluding hydrogens is 181 g/mol. The van der Waals surface area contributed by atoms with E-state index in [4.69, 9.17) is 0 Å². The number of likely N-dealkylation sites (N-methyl/N-ethyl adjacent to an activating group) is 1. The molecule has 0 aromatic carbocycles. The van der Waals surface area contributed by atoms with E-state index in [0.717, 1.165) is 18.3 Å². The predicted octanol–water partition coefficient (Wildman–Crippen LogP) is 2.43. The minimum Gasteiger partial charge on any atom is -0.319 e. The second-order valence-corrected chi connectivity index (χ2v) is 6.93. The summed E-state index contributed by atoms with van der Waals surface area (Å²) in [6.45, 7) is 6.67. The van der Waals surface area contributed by atoms with Crippen molar-refractivity contribution in [3.8, 4) is 0 Å². The van der Waals surface area contributed by atoms with Crippen LogP contribution in [0.4, 0.5) is 0 Å². The van der Waals surface area contributed by atoms with Gasteiger partial charge in [0.25, 0.3) is 0 Å². The molecule has 3 heteroatoms. The van der Waals surface area contributed by atoms with Crippen LogP contribution in [-0.2, 0) is 4.57 Å². The highest BCUT2D eigenvalue weighted by Gasteiger charge is 2.23. The van der Waals surface area contributed by atoms with Gasteiger partial charge in [-0.2, -0.15) is 0 Å². The maximum atomic E-state index is 11.9. The molecule has 1 rings (SSSR count). The normalized spacial score (nSPS) is 23.0. The van der Waals surface area contributed by atoms with Crippen molar-refractivity contribution in [2.24, 2.45) is 0 Å². The van der Waals surface area contributed by atoms with Crippen LogP contribution in [0.15, 0.2) is 23.5 Å². The highest BCUT2D eigenvalue weighted by atomic mass is 31.2. The summed E-state index contributed by atoms with van der Waals surface area (Å²) in [5.74, 6) is 0. The molecule has 0 heterocycles. The number of allylic oxidation sites excluding steroid dienone is 2. The summed E-state index contributed by atoms with van der Waals surface area (Å²) in [6.07, 6.45) is 7.08. The van der Waals surface area contributed by atoms with Gasteiger partial charge in [0, 0.05) is 11.4 Å². The van der Waals surface area contributed by atoms with E-state index in [2.05, 4.69) is 18.3 Å². The first-order valence-corrected chi connectivity index (χ1v) is 7.31. The van der Waals surface area contributed by atoms with Crippen molar-refractivity contribution in [2.45, 2.75) is 19.4 Å². The lowest BCUT2D eigenvalue weighted by Crippen LogP contribution is -2.31. The number of rotatable bonds is 3. The molecule has 0 radical (unpaired) electrons. The summed E-state index contributed by atoms with van der Waals surface area (Å²) in [6, 6.07) is 0.288. The van der Waals surface area contributed by atoms with Gasteiger partial charge in [-0.15, -0.1) is 0 Å². The van der Waals surface area contributed by atoms with Crippen LogP contribution in [0.5, 0.6) is 0 Å². The second-order valence-electron chi connectivity index (χ2n) is 3.72. The molecule has 1 N–H and O–H groups in total. The maximum absolute atomic E-state index is 11.9. The Hall–Kier alpha value is -0.330. The van der Waals surface area contributed by atoms with Crippen LogP contribution in [0.3, 0.4) is 0 Å². The first-order chi connectivity index (χ1) is 6.05. The molecule has 0 aliphatic heterocycles. The largest absolute Gasteiger partial charge is 0.319 e. The molecule has 0 aromatic heterocycles. The fourth-order valence-electron chi connectivity index (χ4n) is 1.61. The number of hydrogen-bond donors (Lipinski definition) is 1. The molecule has 0 fully saturated rings. The Balaban J connectivity index is 2.83. The van der Waals surface area contributed by atoms with E-state index >= 15 is 0 Å². The van der Waals surface area contributed by atoms with Crippen molar-refractivity contribution in [1.82, 2.24) is 5.32 Å². The average molecular weight is 199 g/mol. The van der Waals surface area contributed by atoms with E-state index in [1.807, 2.05) is 25.5 Å². The van der Waals surface area contributed by atoms with Crippen molar-refractivity contribution in [1.29, 1.82) is 0 Å². The topological polar surface area (TPSA) is 29.1 Å². The standard InChI is InChI=1S/C10H18NOP/c1-4-11-9-7-5-6-8-10(9)13(2,3)12/h5-6,8-9,11H,4,7H2,1-3H3. The van der Waals surface area contributed by atoms with E-state index in [0.29, 0.717) is 0 Å². The molecule has 1 aliphatic carbocycles. The monoisotopic (exact) mass is 199 g/mol. The first kappa shape index (κ1) is 10.7. The Bertz CT molecular complexity index is 275. The minimum absolute atomic E-state index is 0.288. The van der Waals surface area contributed by atoms with Gasteiger partial charge < -0.3 is 9.88 Å². The van der Waals surface area contributed by atoms with Crippen LogP contribution < -0.4 is 5.32 Å². The van der Waals surface area contributed by atoms with Gasteiger partial charge in [-0.1, -0.05) is 25.2 Å². The third-order valence-electron chi connectivity index (χ3n) is 2.20. The van der Waals surface area contributed by atoms with E-state index in [1.165, 1.54) is 0 Å². The summed E-state index contributed by atoms with van der Waals surface area (Å²) < 4.78 is 11.9.